The van der Waals surface area contributed by atoms with E-state index in [0.717, 1.165) is 5.56 Å². The molecule has 0 saturated carbocycles. The molecule has 0 aliphatic rings. The summed E-state index contributed by atoms with van der Waals surface area (Å²) in [5.74, 6) is -0.717. The van der Waals surface area contributed by atoms with E-state index < -0.39 is 16.4 Å². The molecule has 1 amide bonds. The van der Waals surface area contributed by atoms with Gasteiger partial charge in [-0.2, -0.15) is 0 Å². The molecule has 1 rings (SSSR count). The first-order valence-corrected chi connectivity index (χ1v) is 6.90. The van der Waals surface area contributed by atoms with Gasteiger partial charge in [0.05, 0.1) is 0 Å². The second kappa shape index (κ2) is 6.70. The molecule has 1 aromatic carbocycles. The molecule has 104 valence electrons. The van der Waals surface area contributed by atoms with Crippen LogP contribution >= 0.6 is 15.9 Å². The number of benzene rings is 1. The Morgan fingerprint density at radius 2 is 1.84 bits per heavy atom. The van der Waals surface area contributed by atoms with E-state index in [1.165, 1.54) is 0 Å². The van der Waals surface area contributed by atoms with Crippen molar-refractivity contribution in [2.24, 2.45) is 0 Å². The molecule has 0 heterocycles. The predicted octanol–water partition coefficient (Wildman–Crippen LogP) is 2.58. The highest BCUT2D eigenvalue weighted by atomic mass is 79.9. The van der Waals surface area contributed by atoms with Crippen molar-refractivity contribution in [3.8, 4) is 0 Å². The fourth-order valence-corrected chi connectivity index (χ4v) is 1.87. The van der Waals surface area contributed by atoms with Crippen molar-refractivity contribution < 1.29 is 14.3 Å². The monoisotopic (exact) mass is 327 g/mol. The number of rotatable bonds is 4. The minimum Gasteiger partial charge on any atom is -0.459 e. The van der Waals surface area contributed by atoms with Crippen LogP contribution in [0.1, 0.15) is 31.2 Å². The normalized spacial score (nSPS) is 12.6. The summed E-state index contributed by atoms with van der Waals surface area (Å²) in [4.78, 5) is 22.8. The molecule has 1 aromatic rings. The van der Waals surface area contributed by atoms with E-state index in [0.29, 0.717) is 0 Å². The number of carbonyl (C=O) groups excluding carboxylic acids is 2. The van der Waals surface area contributed by atoms with Crippen LogP contribution in [0.15, 0.2) is 30.3 Å². The van der Waals surface area contributed by atoms with E-state index in [2.05, 4.69) is 21.2 Å². The van der Waals surface area contributed by atoms with Gasteiger partial charge in [0.25, 0.3) is 0 Å². The van der Waals surface area contributed by atoms with Gasteiger partial charge in [0.15, 0.2) is 0 Å². The third kappa shape index (κ3) is 5.87. The highest BCUT2D eigenvalue weighted by molar-refractivity contribution is 9.09. The number of alkyl halides is 1. The number of halogens is 1. The number of carbonyl (C=O) groups is 2. The zero-order chi connectivity index (χ0) is 14.5. The Kier molecular flexibility index (Phi) is 5.54. The second-order valence-electron chi connectivity index (χ2n) is 5.08. The number of hydrogen-bond donors (Lipinski definition) is 1. The molecule has 4 nitrogen and oxygen atoms in total. The first kappa shape index (κ1) is 15.7. The van der Waals surface area contributed by atoms with Crippen molar-refractivity contribution in [1.29, 1.82) is 0 Å². The molecular formula is C14H18BrNO3. The van der Waals surface area contributed by atoms with Gasteiger partial charge in [0.1, 0.15) is 17.0 Å². The van der Waals surface area contributed by atoms with Gasteiger partial charge in [0, 0.05) is 0 Å². The Morgan fingerprint density at radius 3 is 2.37 bits per heavy atom. The molecule has 1 unspecified atom stereocenters. The molecule has 1 N–H and O–H groups in total. The van der Waals surface area contributed by atoms with E-state index >= 15 is 0 Å². The van der Waals surface area contributed by atoms with E-state index in [1.54, 1.807) is 20.8 Å². The number of nitrogens with one attached hydrogen (secondary N) is 1. The summed E-state index contributed by atoms with van der Waals surface area (Å²) < 4.78 is 5.10. The van der Waals surface area contributed by atoms with Gasteiger partial charge in [-0.3, -0.25) is 9.59 Å². The third-order valence-corrected chi connectivity index (χ3v) is 3.09. The fraction of sp³-hybridized carbons (Fsp3) is 0.429. The molecule has 0 bridgehead atoms. The quantitative estimate of drug-likeness (QED) is 0.683. The summed E-state index contributed by atoms with van der Waals surface area (Å²) in [6.45, 7) is 5.21. The molecule has 0 fully saturated rings. The summed E-state index contributed by atoms with van der Waals surface area (Å²) in [5, 5.41) is 2.54. The Bertz CT molecular complexity index is 440. The van der Waals surface area contributed by atoms with Crippen molar-refractivity contribution in [2.75, 3.05) is 6.54 Å². The maximum Gasteiger partial charge on any atom is 0.325 e. The lowest BCUT2D eigenvalue weighted by molar-refractivity contribution is -0.154. The van der Waals surface area contributed by atoms with Gasteiger partial charge in [-0.15, -0.1) is 0 Å². The summed E-state index contributed by atoms with van der Waals surface area (Å²) in [6.07, 6.45) is 0. The molecule has 19 heavy (non-hydrogen) atoms. The fourth-order valence-electron chi connectivity index (χ4n) is 1.40. The number of amides is 1. The lowest BCUT2D eigenvalue weighted by Gasteiger charge is -2.19. The van der Waals surface area contributed by atoms with Crippen molar-refractivity contribution in [1.82, 2.24) is 5.32 Å². The van der Waals surface area contributed by atoms with E-state index in [1.807, 2.05) is 30.3 Å². The van der Waals surface area contributed by atoms with Crippen LogP contribution in [0.25, 0.3) is 0 Å². The van der Waals surface area contributed by atoms with E-state index in [9.17, 15) is 9.59 Å². The summed E-state index contributed by atoms with van der Waals surface area (Å²) >= 11 is 3.30. The number of esters is 1. The molecule has 0 radical (unpaired) electrons. The van der Waals surface area contributed by atoms with Crippen molar-refractivity contribution in [3.05, 3.63) is 35.9 Å². The molecule has 0 aliphatic carbocycles. The lowest BCUT2D eigenvalue weighted by Crippen LogP contribution is -2.35. The van der Waals surface area contributed by atoms with Gasteiger partial charge >= 0.3 is 5.97 Å². The van der Waals surface area contributed by atoms with Crippen LogP contribution in [0.2, 0.25) is 0 Å². The summed E-state index contributed by atoms with van der Waals surface area (Å²) in [5.41, 5.74) is 0.291. The SMILES string of the molecule is CC(C)(C)OC(=O)CNC(=O)C(Br)c1ccccc1. The minimum absolute atomic E-state index is 0.134. The Hall–Kier alpha value is -1.36. The topological polar surface area (TPSA) is 55.4 Å². The van der Waals surface area contributed by atoms with Crippen LogP contribution in [-0.2, 0) is 14.3 Å². The second-order valence-corrected chi connectivity index (χ2v) is 5.99. The molecular weight excluding hydrogens is 310 g/mol. The minimum atomic E-state index is -0.547. The molecule has 0 spiro atoms. The van der Waals surface area contributed by atoms with Gasteiger partial charge in [-0.25, -0.2) is 0 Å². The maximum atomic E-state index is 11.8. The summed E-state index contributed by atoms with van der Waals surface area (Å²) in [7, 11) is 0. The smallest absolute Gasteiger partial charge is 0.325 e. The average molecular weight is 328 g/mol. The van der Waals surface area contributed by atoms with Crippen molar-refractivity contribution in [2.45, 2.75) is 31.2 Å². The van der Waals surface area contributed by atoms with Crippen molar-refractivity contribution >= 4 is 27.8 Å². The maximum absolute atomic E-state index is 11.8. The summed E-state index contributed by atoms with van der Waals surface area (Å²) in [6, 6.07) is 9.26. The van der Waals surface area contributed by atoms with Crippen LogP contribution in [-0.4, -0.2) is 24.0 Å². The zero-order valence-corrected chi connectivity index (χ0v) is 12.9. The molecule has 1 atom stereocenters. The van der Waals surface area contributed by atoms with Crippen molar-refractivity contribution in [3.63, 3.8) is 0 Å². The van der Waals surface area contributed by atoms with E-state index in [4.69, 9.17) is 4.74 Å². The van der Waals surface area contributed by atoms with Crippen LogP contribution in [0, 0.1) is 0 Å². The lowest BCUT2D eigenvalue weighted by atomic mass is 10.1. The molecule has 0 aromatic heterocycles. The van der Waals surface area contributed by atoms with Crippen LogP contribution in [0.3, 0.4) is 0 Å². The number of hydrogen-bond acceptors (Lipinski definition) is 3. The first-order valence-electron chi connectivity index (χ1n) is 5.98. The first-order chi connectivity index (χ1) is 8.79. The van der Waals surface area contributed by atoms with Crippen LogP contribution in [0.4, 0.5) is 0 Å². The average Bonchev–Trinajstić information content (AvgIpc) is 2.34. The highest BCUT2D eigenvalue weighted by Crippen LogP contribution is 2.22. The zero-order valence-electron chi connectivity index (χ0n) is 11.3. The van der Waals surface area contributed by atoms with Gasteiger partial charge < -0.3 is 10.1 Å². The van der Waals surface area contributed by atoms with Crippen LogP contribution < -0.4 is 5.32 Å². The Labute approximate surface area is 121 Å². The van der Waals surface area contributed by atoms with Gasteiger partial charge in [-0.1, -0.05) is 46.3 Å². The largest absolute Gasteiger partial charge is 0.459 e. The highest BCUT2D eigenvalue weighted by Gasteiger charge is 2.20. The van der Waals surface area contributed by atoms with E-state index in [-0.39, 0.29) is 12.5 Å². The molecule has 5 heteroatoms. The van der Waals surface area contributed by atoms with Crippen LogP contribution in [0.5, 0.6) is 0 Å². The van der Waals surface area contributed by atoms with Gasteiger partial charge in [0.2, 0.25) is 5.91 Å². The Balaban J connectivity index is 2.46. The molecule has 0 saturated heterocycles. The predicted molar refractivity (Wildman–Crippen MR) is 77.0 cm³/mol. The standard InChI is InChI=1S/C14H18BrNO3/c1-14(2,3)19-11(17)9-16-13(18)12(15)10-7-5-4-6-8-10/h4-8,12H,9H2,1-3H3,(H,16,18). The van der Waals surface area contributed by atoms with Gasteiger partial charge in [-0.05, 0) is 26.3 Å². The molecule has 0 aliphatic heterocycles. The number of ether oxygens (including phenoxy) is 1. The Morgan fingerprint density at radius 1 is 1.26 bits per heavy atom. The third-order valence-electron chi connectivity index (χ3n) is 2.15.